The Balaban J connectivity index is 1.81. The van der Waals surface area contributed by atoms with Crippen molar-refractivity contribution in [3.05, 3.63) is 58.0 Å². The molecule has 0 radical (unpaired) electrons. The molecule has 0 saturated heterocycles. The molecule has 0 saturated carbocycles. The molecule has 96 valence electrons. The average Bonchev–Trinajstić information content (AvgIpc) is 2.87. The summed E-state index contributed by atoms with van der Waals surface area (Å²) in [6.07, 6.45) is 0. The molecular weight excluding hydrogens is 320 g/mol. The zero-order valence-electron chi connectivity index (χ0n) is 10.4. The second kappa shape index (κ2) is 5.31. The lowest BCUT2D eigenvalue weighted by Gasteiger charge is -2.15. The number of anilines is 1. The molecule has 2 nitrogen and oxygen atoms in total. The van der Waals surface area contributed by atoms with Gasteiger partial charge in [-0.2, -0.15) is 0 Å². The Morgan fingerprint density at radius 3 is 2.74 bits per heavy atom. The first kappa shape index (κ1) is 12.6. The molecule has 1 unspecified atom stereocenters. The molecule has 2 aromatic carbocycles. The van der Waals surface area contributed by atoms with Crippen LogP contribution in [0.4, 0.5) is 5.69 Å². The number of thiazole rings is 1. The fourth-order valence-electron chi connectivity index (χ4n) is 2.03. The van der Waals surface area contributed by atoms with Crippen molar-refractivity contribution in [1.82, 2.24) is 4.98 Å². The van der Waals surface area contributed by atoms with Crippen molar-refractivity contribution in [1.29, 1.82) is 0 Å². The predicted molar refractivity (Wildman–Crippen MR) is 85.8 cm³/mol. The SMILES string of the molecule is CC(Nc1ccc2ncsc2c1)c1ccc(Br)cc1. The minimum Gasteiger partial charge on any atom is -0.378 e. The lowest BCUT2D eigenvalue weighted by Crippen LogP contribution is -2.06. The first-order valence-corrected chi connectivity index (χ1v) is 7.75. The molecule has 4 heteroatoms. The molecule has 19 heavy (non-hydrogen) atoms. The van der Waals surface area contributed by atoms with Gasteiger partial charge in [0, 0.05) is 16.2 Å². The van der Waals surface area contributed by atoms with Crippen molar-refractivity contribution in [2.45, 2.75) is 13.0 Å². The van der Waals surface area contributed by atoms with E-state index < -0.39 is 0 Å². The fraction of sp³-hybridized carbons (Fsp3) is 0.133. The number of benzene rings is 2. The summed E-state index contributed by atoms with van der Waals surface area (Å²) in [6.45, 7) is 2.17. The maximum Gasteiger partial charge on any atom is 0.0813 e. The van der Waals surface area contributed by atoms with Gasteiger partial charge in [-0.1, -0.05) is 28.1 Å². The number of nitrogens with one attached hydrogen (secondary N) is 1. The van der Waals surface area contributed by atoms with Crippen LogP contribution in [0, 0.1) is 0 Å². The number of nitrogens with zero attached hydrogens (tertiary/aromatic N) is 1. The Morgan fingerprint density at radius 1 is 1.16 bits per heavy atom. The van der Waals surface area contributed by atoms with Crippen molar-refractivity contribution >= 4 is 43.2 Å². The van der Waals surface area contributed by atoms with Gasteiger partial charge < -0.3 is 5.32 Å². The van der Waals surface area contributed by atoms with E-state index in [4.69, 9.17) is 0 Å². The molecule has 1 atom stereocenters. The maximum atomic E-state index is 4.29. The molecule has 0 amide bonds. The van der Waals surface area contributed by atoms with E-state index in [2.05, 4.69) is 75.6 Å². The van der Waals surface area contributed by atoms with E-state index in [0.717, 1.165) is 15.7 Å². The van der Waals surface area contributed by atoms with Crippen molar-refractivity contribution in [3.63, 3.8) is 0 Å². The lowest BCUT2D eigenvalue weighted by atomic mass is 10.1. The minimum absolute atomic E-state index is 0.276. The molecule has 0 spiro atoms. The third-order valence-corrected chi connectivity index (χ3v) is 4.40. The molecule has 0 aliphatic heterocycles. The monoisotopic (exact) mass is 332 g/mol. The Labute approximate surface area is 124 Å². The van der Waals surface area contributed by atoms with E-state index in [-0.39, 0.29) is 6.04 Å². The van der Waals surface area contributed by atoms with Gasteiger partial charge in [0.2, 0.25) is 0 Å². The van der Waals surface area contributed by atoms with Crippen LogP contribution in [0.1, 0.15) is 18.5 Å². The van der Waals surface area contributed by atoms with Gasteiger partial charge in [0.15, 0.2) is 0 Å². The number of fused-ring (bicyclic) bond motifs is 1. The second-order valence-electron chi connectivity index (χ2n) is 4.45. The van der Waals surface area contributed by atoms with Gasteiger partial charge in [-0.25, -0.2) is 4.98 Å². The molecule has 0 aliphatic carbocycles. The van der Waals surface area contributed by atoms with E-state index in [1.54, 1.807) is 11.3 Å². The number of hydrogen-bond donors (Lipinski definition) is 1. The largest absolute Gasteiger partial charge is 0.378 e. The van der Waals surface area contributed by atoms with E-state index in [9.17, 15) is 0 Å². The Hall–Kier alpha value is -1.39. The van der Waals surface area contributed by atoms with Crippen molar-refractivity contribution in [3.8, 4) is 0 Å². The highest BCUT2D eigenvalue weighted by atomic mass is 79.9. The zero-order valence-corrected chi connectivity index (χ0v) is 12.8. The van der Waals surface area contributed by atoms with Gasteiger partial charge in [0.1, 0.15) is 0 Å². The summed E-state index contributed by atoms with van der Waals surface area (Å²) < 4.78 is 2.32. The first-order valence-electron chi connectivity index (χ1n) is 6.07. The third-order valence-electron chi connectivity index (χ3n) is 3.08. The summed E-state index contributed by atoms with van der Waals surface area (Å²) in [5.74, 6) is 0. The second-order valence-corrected chi connectivity index (χ2v) is 6.25. The van der Waals surface area contributed by atoms with E-state index in [1.807, 2.05) is 5.51 Å². The lowest BCUT2D eigenvalue weighted by molar-refractivity contribution is 0.885. The Bertz CT molecular complexity index is 691. The van der Waals surface area contributed by atoms with Crippen LogP contribution in [0.25, 0.3) is 10.2 Å². The van der Waals surface area contributed by atoms with E-state index in [0.29, 0.717) is 0 Å². The summed E-state index contributed by atoms with van der Waals surface area (Å²) >= 11 is 5.13. The van der Waals surface area contributed by atoms with Crippen LogP contribution >= 0.6 is 27.3 Å². The molecule has 1 heterocycles. The quantitative estimate of drug-likeness (QED) is 0.710. The topological polar surface area (TPSA) is 24.9 Å². The minimum atomic E-state index is 0.276. The smallest absolute Gasteiger partial charge is 0.0813 e. The number of aromatic nitrogens is 1. The molecule has 1 N–H and O–H groups in total. The molecule has 0 bridgehead atoms. The zero-order chi connectivity index (χ0) is 13.2. The van der Waals surface area contributed by atoms with Crippen LogP contribution in [-0.2, 0) is 0 Å². The highest BCUT2D eigenvalue weighted by Crippen LogP contribution is 2.25. The molecule has 1 aromatic heterocycles. The standard InChI is InChI=1S/C15H13BrN2S/c1-10(11-2-4-12(16)5-3-11)18-13-6-7-14-15(8-13)19-9-17-14/h2-10,18H,1H3. The van der Waals surface area contributed by atoms with E-state index in [1.165, 1.54) is 10.3 Å². The molecule has 0 aliphatic rings. The Morgan fingerprint density at radius 2 is 1.95 bits per heavy atom. The predicted octanol–water partition coefficient (Wildman–Crippen LogP) is 5.23. The van der Waals surface area contributed by atoms with Crippen molar-refractivity contribution < 1.29 is 0 Å². The molecule has 0 fully saturated rings. The average molecular weight is 333 g/mol. The first-order chi connectivity index (χ1) is 9.22. The third kappa shape index (κ3) is 2.80. The van der Waals surface area contributed by atoms with Gasteiger partial charge in [0.05, 0.1) is 15.7 Å². The molecule has 3 rings (SSSR count). The summed E-state index contributed by atoms with van der Waals surface area (Å²) in [6, 6.07) is 15.0. The van der Waals surface area contributed by atoms with Crippen molar-refractivity contribution in [2.24, 2.45) is 0 Å². The normalized spacial score (nSPS) is 12.5. The van der Waals surface area contributed by atoms with Crippen LogP contribution in [-0.4, -0.2) is 4.98 Å². The number of rotatable bonds is 3. The van der Waals surface area contributed by atoms with Crippen LogP contribution in [0.3, 0.4) is 0 Å². The summed E-state index contributed by atoms with van der Waals surface area (Å²) in [5.41, 5.74) is 5.35. The highest BCUT2D eigenvalue weighted by molar-refractivity contribution is 9.10. The Kier molecular flexibility index (Phi) is 3.53. The number of hydrogen-bond acceptors (Lipinski definition) is 3. The van der Waals surface area contributed by atoms with Crippen LogP contribution in [0.5, 0.6) is 0 Å². The maximum absolute atomic E-state index is 4.29. The van der Waals surface area contributed by atoms with Gasteiger partial charge in [-0.15, -0.1) is 11.3 Å². The molecular formula is C15H13BrN2S. The van der Waals surface area contributed by atoms with Gasteiger partial charge in [-0.05, 0) is 42.8 Å². The van der Waals surface area contributed by atoms with E-state index >= 15 is 0 Å². The van der Waals surface area contributed by atoms with Crippen LogP contribution in [0.15, 0.2) is 52.4 Å². The van der Waals surface area contributed by atoms with Crippen LogP contribution in [0.2, 0.25) is 0 Å². The number of halogens is 1. The summed E-state index contributed by atoms with van der Waals surface area (Å²) in [4.78, 5) is 4.29. The van der Waals surface area contributed by atoms with Gasteiger partial charge in [-0.3, -0.25) is 0 Å². The fourth-order valence-corrected chi connectivity index (χ4v) is 3.01. The van der Waals surface area contributed by atoms with Gasteiger partial charge >= 0.3 is 0 Å². The highest BCUT2D eigenvalue weighted by Gasteiger charge is 2.06. The summed E-state index contributed by atoms with van der Waals surface area (Å²) in [5, 5.41) is 3.52. The van der Waals surface area contributed by atoms with Crippen molar-refractivity contribution in [2.75, 3.05) is 5.32 Å². The van der Waals surface area contributed by atoms with Gasteiger partial charge in [0.25, 0.3) is 0 Å². The van der Waals surface area contributed by atoms with Crippen LogP contribution < -0.4 is 5.32 Å². The molecule has 3 aromatic rings. The summed E-state index contributed by atoms with van der Waals surface area (Å²) in [7, 11) is 0.